The maximum Gasteiger partial charge on any atom is 0.130 e. The molecule has 0 aromatic heterocycles. The van der Waals surface area contributed by atoms with Crippen LogP contribution in [0.3, 0.4) is 0 Å². The molecule has 18 heavy (non-hydrogen) atoms. The minimum atomic E-state index is -0.521. The predicted molar refractivity (Wildman–Crippen MR) is 69.3 cm³/mol. The number of rotatable bonds is 4. The Balaban J connectivity index is 2.00. The molecule has 0 radical (unpaired) electrons. The van der Waals surface area contributed by atoms with E-state index in [1.54, 1.807) is 0 Å². The Bertz CT molecular complexity index is 399. The fraction of sp³-hybridized carbons (Fsp3) is 0.600. The van der Waals surface area contributed by atoms with Crippen molar-refractivity contribution in [2.75, 3.05) is 0 Å². The highest BCUT2D eigenvalue weighted by molar-refractivity contribution is 5.21. The van der Waals surface area contributed by atoms with Crippen LogP contribution in [-0.4, -0.2) is 6.04 Å². The summed E-state index contributed by atoms with van der Waals surface area (Å²) in [5, 5.41) is 3.44. The van der Waals surface area contributed by atoms with Crippen molar-refractivity contribution in [3.63, 3.8) is 0 Å². The van der Waals surface area contributed by atoms with Crippen molar-refractivity contribution < 1.29 is 8.78 Å². The summed E-state index contributed by atoms with van der Waals surface area (Å²) in [5.74, 6) is -0.295. The van der Waals surface area contributed by atoms with Crippen molar-refractivity contribution >= 4 is 0 Å². The molecule has 1 aliphatic carbocycles. The molecule has 1 aromatic rings. The molecule has 2 atom stereocenters. The molecule has 0 amide bonds. The molecule has 0 heterocycles. The summed E-state index contributed by atoms with van der Waals surface area (Å²) >= 11 is 0. The lowest BCUT2D eigenvalue weighted by atomic mass is 9.97. The smallest absolute Gasteiger partial charge is 0.130 e. The van der Waals surface area contributed by atoms with Gasteiger partial charge in [0.15, 0.2) is 0 Å². The molecule has 0 spiro atoms. The zero-order valence-corrected chi connectivity index (χ0v) is 11.0. The second-order valence-corrected chi connectivity index (χ2v) is 5.39. The Morgan fingerprint density at radius 1 is 1.17 bits per heavy atom. The molecule has 100 valence electrons. The first-order valence-electron chi connectivity index (χ1n) is 6.79. The molecule has 1 fully saturated rings. The molecule has 1 N–H and O–H groups in total. The summed E-state index contributed by atoms with van der Waals surface area (Å²) in [7, 11) is 0. The number of benzene rings is 1. The van der Waals surface area contributed by atoms with Gasteiger partial charge in [-0.15, -0.1) is 0 Å². The quantitative estimate of drug-likeness (QED) is 0.848. The molecule has 1 aliphatic rings. The molecule has 1 saturated carbocycles. The van der Waals surface area contributed by atoms with E-state index in [0.29, 0.717) is 17.5 Å². The first kappa shape index (κ1) is 13.5. The highest BCUT2D eigenvalue weighted by Crippen LogP contribution is 2.29. The molecule has 1 aromatic carbocycles. The summed E-state index contributed by atoms with van der Waals surface area (Å²) in [6, 6.07) is 4.10. The van der Waals surface area contributed by atoms with E-state index in [0.717, 1.165) is 6.07 Å². The number of hydrogen-bond acceptors (Lipinski definition) is 1. The van der Waals surface area contributed by atoms with Gasteiger partial charge in [-0.25, -0.2) is 8.78 Å². The SMILES string of the molecule is CC(N[C@@H](C)C1CCCC1)c1ccc(F)cc1F. The molecule has 0 aliphatic heterocycles. The third-order valence-corrected chi connectivity index (χ3v) is 4.05. The van der Waals surface area contributed by atoms with Gasteiger partial charge in [0.25, 0.3) is 0 Å². The van der Waals surface area contributed by atoms with Gasteiger partial charge < -0.3 is 5.32 Å². The van der Waals surface area contributed by atoms with Crippen LogP contribution in [-0.2, 0) is 0 Å². The molecule has 0 bridgehead atoms. The Morgan fingerprint density at radius 2 is 1.83 bits per heavy atom. The highest BCUT2D eigenvalue weighted by Gasteiger charge is 2.23. The first-order valence-corrected chi connectivity index (χ1v) is 6.79. The molecule has 1 unspecified atom stereocenters. The van der Waals surface area contributed by atoms with Gasteiger partial charge in [-0.2, -0.15) is 0 Å². The van der Waals surface area contributed by atoms with Crippen molar-refractivity contribution in [3.8, 4) is 0 Å². The summed E-state index contributed by atoms with van der Waals surface area (Å²) in [6.07, 6.45) is 5.12. The minimum Gasteiger partial charge on any atom is -0.307 e. The van der Waals surface area contributed by atoms with E-state index >= 15 is 0 Å². The van der Waals surface area contributed by atoms with Gasteiger partial charge in [0.1, 0.15) is 11.6 Å². The number of hydrogen-bond donors (Lipinski definition) is 1. The van der Waals surface area contributed by atoms with E-state index < -0.39 is 11.6 Å². The van der Waals surface area contributed by atoms with Crippen molar-refractivity contribution in [1.82, 2.24) is 5.32 Å². The molecule has 0 saturated heterocycles. The zero-order chi connectivity index (χ0) is 13.1. The molecular weight excluding hydrogens is 232 g/mol. The van der Waals surface area contributed by atoms with Crippen LogP contribution in [0.5, 0.6) is 0 Å². The second-order valence-electron chi connectivity index (χ2n) is 5.39. The van der Waals surface area contributed by atoms with E-state index in [-0.39, 0.29) is 6.04 Å². The Morgan fingerprint density at radius 3 is 2.44 bits per heavy atom. The minimum absolute atomic E-state index is 0.0822. The summed E-state index contributed by atoms with van der Waals surface area (Å²) in [5.41, 5.74) is 0.543. The summed E-state index contributed by atoms with van der Waals surface area (Å²) in [4.78, 5) is 0. The number of halogens is 2. The van der Waals surface area contributed by atoms with Crippen LogP contribution in [0.2, 0.25) is 0 Å². The van der Waals surface area contributed by atoms with E-state index in [1.807, 2.05) is 6.92 Å². The van der Waals surface area contributed by atoms with Crippen LogP contribution >= 0.6 is 0 Å². The predicted octanol–water partition coefficient (Wildman–Crippen LogP) is 4.19. The number of nitrogens with one attached hydrogen (secondary N) is 1. The average Bonchev–Trinajstić information content (AvgIpc) is 2.81. The second kappa shape index (κ2) is 5.79. The highest BCUT2D eigenvalue weighted by atomic mass is 19.1. The van der Waals surface area contributed by atoms with E-state index in [9.17, 15) is 8.78 Å². The Kier molecular flexibility index (Phi) is 4.33. The van der Waals surface area contributed by atoms with Crippen molar-refractivity contribution in [3.05, 3.63) is 35.4 Å². The van der Waals surface area contributed by atoms with Crippen LogP contribution in [0, 0.1) is 17.6 Å². The van der Waals surface area contributed by atoms with Gasteiger partial charge >= 0.3 is 0 Å². The maximum absolute atomic E-state index is 13.6. The van der Waals surface area contributed by atoms with Gasteiger partial charge in [0.05, 0.1) is 0 Å². The third kappa shape index (κ3) is 3.08. The largest absolute Gasteiger partial charge is 0.307 e. The van der Waals surface area contributed by atoms with Crippen molar-refractivity contribution in [2.45, 2.75) is 51.6 Å². The van der Waals surface area contributed by atoms with Crippen LogP contribution < -0.4 is 5.32 Å². The molecule has 1 nitrogen and oxygen atoms in total. The van der Waals surface area contributed by atoms with Gasteiger partial charge in [-0.05, 0) is 38.7 Å². The van der Waals surface area contributed by atoms with Crippen LogP contribution in [0.4, 0.5) is 8.78 Å². The fourth-order valence-corrected chi connectivity index (χ4v) is 2.93. The van der Waals surface area contributed by atoms with Gasteiger partial charge in [0, 0.05) is 23.7 Å². The van der Waals surface area contributed by atoms with Crippen molar-refractivity contribution in [1.29, 1.82) is 0 Å². The lowest BCUT2D eigenvalue weighted by Gasteiger charge is -2.25. The molecular formula is C15H21F2N. The van der Waals surface area contributed by atoms with E-state index in [2.05, 4.69) is 12.2 Å². The van der Waals surface area contributed by atoms with E-state index in [1.165, 1.54) is 37.8 Å². The van der Waals surface area contributed by atoms with Gasteiger partial charge in [0.2, 0.25) is 0 Å². The van der Waals surface area contributed by atoms with Crippen molar-refractivity contribution in [2.24, 2.45) is 5.92 Å². The fourth-order valence-electron chi connectivity index (χ4n) is 2.93. The monoisotopic (exact) mass is 253 g/mol. The van der Waals surface area contributed by atoms with E-state index in [4.69, 9.17) is 0 Å². The van der Waals surface area contributed by atoms with Gasteiger partial charge in [-0.1, -0.05) is 18.9 Å². The standard InChI is InChI=1S/C15H21F2N/c1-10(12-5-3-4-6-12)18-11(2)14-8-7-13(16)9-15(14)17/h7-12,18H,3-6H2,1-2H3/t10-,11?/m0/s1. The Labute approximate surface area is 108 Å². The average molecular weight is 253 g/mol. The van der Waals surface area contributed by atoms with Crippen LogP contribution in [0.15, 0.2) is 18.2 Å². The third-order valence-electron chi connectivity index (χ3n) is 4.05. The lowest BCUT2D eigenvalue weighted by molar-refractivity contribution is 0.348. The normalized spacial score (nSPS) is 20.0. The molecule has 3 heteroatoms. The summed E-state index contributed by atoms with van der Waals surface area (Å²) in [6.45, 7) is 4.09. The van der Waals surface area contributed by atoms with Gasteiger partial charge in [-0.3, -0.25) is 0 Å². The topological polar surface area (TPSA) is 12.0 Å². The molecule has 2 rings (SSSR count). The van der Waals surface area contributed by atoms with Crippen LogP contribution in [0.25, 0.3) is 0 Å². The summed E-state index contributed by atoms with van der Waals surface area (Å²) < 4.78 is 26.5. The first-order chi connectivity index (χ1) is 8.58. The maximum atomic E-state index is 13.6. The lowest BCUT2D eigenvalue weighted by Crippen LogP contribution is -2.34. The Hall–Kier alpha value is -0.960. The zero-order valence-electron chi connectivity index (χ0n) is 11.0. The van der Waals surface area contributed by atoms with Crippen LogP contribution in [0.1, 0.15) is 51.1 Å².